The fraction of sp³-hybridized carbons (Fsp3) is 0.538. The lowest BCUT2D eigenvalue weighted by molar-refractivity contribution is -0.000366. The van der Waals surface area contributed by atoms with Crippen LogP contribution in [0.4, 0.5) is 0 Å². The predicted molar refractivity (Wildman–Crippen MR) is 126 cm³/mol. The third kappa shape index (κ3) is 5.05. The van der Waals surface area contributed by atoms with E-state index in [1.165, 1.54) is 30.4 Å². The second-order valence-electron chi connectivity index (χ2n) is 8.71. The zero-order valence-electron chi connectivity index (χ0n) is 18.6. The normalized spacial score (nSPS) is 24.9. The third-order valence-corrected chi connectivity index (χ3v) is 7.33. The summed E-state index contributed by atoms with van der Waals surface area (Å²) in [5.74, 6) is 0.654. The maximum atomic E-state index is 6.20. The Labute approximate surface area is 182 Å². The monoisotopic (exact) mass is 412 g/mol. The van der Waals surface area contributed by atoms with Crippen molar-refractivity contribution in [1.82, 2.24) is 9.80 Å². The van der Waals surface area contributed by atoms with Crippen LogP contribution in [0.2, 0.25) is 5.02 Å². The fourth-order valence-electron chi connectivity index (χ4n) is 5.53. The van der Waals surface area contributed by atoms with Crippen molar-refractivity contribution < 1.29 is 0 Å². The predicted octanol–water partition coefficient (Wildman–Crippen LogP) is 6.24. The minimum absolute atomic E-state index is 0.129. The van der Waals surface area contributed by atoms with Gasteiger partial charge >= 0.3 is 0 Å². The van der Waals surface area contributed by atoms with Crippen LogP contribution in [-0.4, -0.2) is 42.5 Å². The molecule has 0 aliphatic heterocycles. The van der Waals surface area contributed by atoms with Crippen LogP contribution in [0.5, 0.6) is 0 Å². The Morgan fingerprint density at radius 3 is 2.24 bits per heavy atom. The Balaban J connectivity index is 1.74. The Hall–Kier alpha value is -1.35. The molecule has 158 valence electrons. The van der Waals surface area contributed by atoms with E-state index in [2.05, 4.69) is 92.2 Å². The Bertz CT molecular complexity index is 741. The van der Waals surface area contributed by atoms with E-state index in [0.29, 0.717) is 12.0 Å². The van der Waals surface area contributed by atoms with Gasteiger partial charge in [-0.1, -0.05) is 74.8 Å². The molecule has 0 radical (unpaired) electrons. The zero-order chi connectivity index (χ0) is 20.9. The number of halogens is 1. The zero-order valence-corrected chi connectivity index (χ0v) is 19.3. The van der Waals surface area contributed by atoms with Gasteiger partial charge in [-0.2, -0.15) is 0 Å². The number of benzene rings is 2. The van der Waals surface area contributed by atoms with Crippen LogP contribution in [-0.2, 0) is 12.0 Å². The molecule has 0 aromatic heterocycles. The summed E-state index contributed by atoms with van der Waals surface area (Å²) in [6.45, 7) is 10.3. The summed E-state index contributed by atoms with van der Waals surface area (Å²) in [5.41, 5.74) is 2.99. The number of rotatable bonds is 8. The third-order valence-electron chi connectivity index (χ3n) is 7.08. The molecule has 0 N–H and O–H groups in total. The summed E-state index contributed by atoms with van der Waals surface area (Å²) in [6, 6.07) is 20.1. The van der Waals surface area contributed by atoms with Crippen molar-refractivity contribution in [1.29, 1.82) is 0 Å². The van der Waals surface area contributed by atoms with Crippen LogP contribution >= 0.6 is 11.6 Å². The van der Waals surface area contributed by atoms with Gasteiger partial charge in [-0.05, 0) is 75.0 Å². The van der Waals surface area contributed by atoms with Gasteiger partial charge in [0.2, 0.25) is 0 Å². The van der Waals surface area contributed by atoms with Gasteiger partial charge in [-0.25, -0.2) is 0 Å². The Morgan fingerprint density at radius 1 is 1.00 bits per heavy atom. The number of hydrogen-bond donors (Lipinski definition) is 0. The molecular weight excluding hydrogens is 376 g/mol. The second-order valence-corrected chi connectivity index (χ2v) is 9.15. The standard InChI is InChI=1S/C26H37ClN2/c1-5-29(6-2)26(23-12-14-24(27)15-13-23)18-16-25(21(3)20-26)28(4)19-17-22-10-8-7-9-11-22/h7-15,21,25H,5-6,16-20H2,1-4H3. The van der Waals surface area contributed by atoms with Gasteiger partial charge in [0.15, 0.2) is 0 Å². The molecule has 0 bridgehead atoms. The summed E-state index contributed by atoms with van der Waals surface area (Å²) in [7, 11) is 2.32. The average molecular weight is 413 g/mol. The van der Waals surface area contributed by atoms with E-state index in [4.69, 9.17) is 11.6 Å². The molecule has 3 rings (SSSR count). The first-order valence-corrected chi connectivity index (χ1v) is 11.6. The Kier molecular flexibility index (Phi) is 7.79. The van der Waals surface area contributed by atoms with E-state index in [1.54, 1.807) is 0 Å². The van der Waals surface area contributed by atoms with Crippen LogP contribution < -0.4 is 0 Å². The quantitative estimate of drug-likeness (QED) is 0.506. The molecule has 2 aromatic rings. The summed E-state index contributed by atoms with van der Waals surface area (Å²) >= 11 is 6.20. The summed E-state index contributed by atoms with van der Waals surface area (Å²) < 4.78 is 0. The first-order valence-electron chi connectivity index (χ1n) is 11.3. The van der Waals surface area contributed by atoms with Crippen LogP contribution in [0.1, 0.15) is 51.2 Å². The summed E-state index contributed by atoms with van der Waals surface area (Å²) in [4.78, 5) is 5.28. The van der Waals surface area contributed by atoms with E-state index in [-0.39, 0.29) is 5.54 Å². The molecule has 3 atom stereocenters. The van der Waals surface area contributed by atoms with Crippen LogP contribution in [0.3, 0.4) is 0 Å². The number of likely N-dealkylation sites (N-methyl/N-ethyl adjacent to an activating group) is 1. The fourth-order valence-corrected chi connectivity index (χ4v) is 5.66. The van der Waals surface area contributed by atoms with E-state index < -0.39 is 0 Å². The molecule has 29 heavy (non-hydrogen) atoms. The van der Waals surface area contributed by atoms with Gasteiger partial charge in [-0.3, -0.25) is 4.90 Å². The maximum Gasteiger partial charge on any atom is 0.0464 e. The number of hydrogen-bond acceptors (Lipinski definition) is 2. The molecule has 0 spiro atoms. The molecule has 1 aliphatic carbocycles. The smallest absolute Gasteiger partial charge is 0.0464 e. The first-order chi connectivity index (χ1) is 14.0. The van der Waals surface area contributed by atoms with E-state index in [1.807, 2.05) is 0 Å². The molecule has 1 saturated carbocycles. The van der Waals surface area contributed by atoms with Crippen LogP contribution in [0.25, 0.3) is 0 Å². The highest BCUT2D eigenvalue weighted by atomic mass is 35.5. The maximum absolute atomic E-state index is 6.20. The summed E-state index contributed by atoms with van der Waals surface area (Å²) in [6.07, 6.45) is 4.78. The molecule has 3 unspecified atom stereocenters. The van der Waals surface area contributed by atoms with Crippen LogP contribution in [0.15, 0.2) is 54.6 Å². The highest BCUT2D eigenvalue weighted by Gasteiger charge is 2.44. The first kappa shape index (κ1) is 22.3. The van der Waals surface area contributed by atoms with Crippen molar-refractivity contribution in [3.8, 4) is 0 Å². The molecule has 2 aromatic carbocycles. The van der Waals surface area contributed by atoms with Gasteiger partial charge in [0.05, 0.1) is 0 Å². The number of nitrogens with zero attached hydrogens (tertiary/aromatic N) is 2. The molecule has 2 nitrogen and oxygen atoms in total. The second kappa shape index (κ2) is 10.1. The van der Waals surface area contributed by atoms with E-state index in [9.17, 15) is 0 Å². The lowest BCUT2D eigenvalue weighted by atomic mass is 9.69. The molecular formula is C26H37ClN2. The lowest BCUT2D eigenvalue weighted by Crippen LogP contribution is -2.54. The van der Waals surface area contributed by atoms with Crippen molar-refractivity contribution in [2.45, 2.75) is 58.0 Å². The van der Waals surface area contributed by atoms with Gasteiger partial charge in [0, 0.05) is 23.1 Å². The van der Waals surface area contributed by atoms with Gasteiger partial charge in [0.25, 0.3) is 0 Å². The van der Waals surface area contributed by atoms with E-state index >= 15 is 0 Å². The molecule has 0 saturated heterocycles. The van der Waals surface area contributed by atoms with Crippen molar-refractivity contribution in [3.05, 3.63) is 70.7 Å². The summed E-state index contributed by atoms with van der Waals surface area (Å²) in [5, 5.41) is 0.825. The van der Waals surface area contributed by atoms with Crippen molar-refractivity contribution in [2.75, 3.05) is 26.7 Å². The average Bonchev–Trinajstić information content (AvgIpc) is 2.74. The van der Waals surface area contributed by atoms with Gasteiger partial charge < -0.3 is 4.90 Å². The Morgan fingerprint density at radius 2 is 1.66 bits per heavy atom. The van der Waals surface area contributed by atoms with Crippen molar-refractivity contribution in [3.63, 3.8) is 0 Å². The molecule has 0 heterocycles. The van der Waals surface area contributed by atoms with Crippen molar-refractivity contribution in [2.24, 2.45) is 5.92 Å². The van der Waals surface area contributed by atoms with E-state index in [0.717, 1.165) is 31.1 Å². The minimum Gasteiger partial charge on any atom is -0.303 e. The lowest BCUT2D eigenvalue weighted by Gasteiger charge is -2.52. The largest absolute Gasteiger partial charge is 0.303 e. The topological polar surface area (TPSA) is 6.48 Å². The molecule has 1 aliphatic rings. The van der Waals surface area contributed by atoms with Crippen molar-refractivity contribution >= 4 is 11.6 Å². The molecule has 1 fully saturated rings. The SMILES string of the molecule is CCN(CC)C1(c2ccc(Cl)cc2)CCC(N(C)CCc2ccccc2)C(C)C1. The molecule has 0 amide bonds. The van der Waals surface area contributed by atoms with Gasteiger partial charge in [-0.15, -0.1) is 0 Å². The molecule has 3 heteroatoms. The highest BCUT2D eigenvalue weighted by molar-refractivity contribution is 6.30. The minimum atomic E-state index is 0.129. The van der Waals surface area contributed by atoms with Gasteiger partial charge in [0.1, 0.15) is 0 Å². The highest BCUT2D eigenvalue weighted by Crippen LogP contribution is 2.45. The van der Waals surface area contributed by atoms with Crippen LogP contribution in [0, 0.1) is 5.92 Å².